The summed E-state index contributed by atoms with van der Waals surface area (Å²) in [6.45, 7) is 0.993. The maximum Gasteiger partial charge on any atom is 0.405 e. The zero-order valence-corrected chi connectivity index (χ0v) is 15.1. The highest BCUT2D eigenvalue weighted by Crippen LogP contribution is 2.25. The predicted octanol–water partition coefficient (Wildman–Crippen LogP) is 2.44. The van der Waals surface area contributed by atoms with Crippen molar-refractivity contribution >= 4 is 5.91 Å². The molecule has 1 saturated heterocycles. The van der Waals surface area contributed by atoms with E-state index in [1.807, 2.05) is 6.07 Å². The first-order valence-electron chi connectivity index (χ1n) is 8.92. The highest BCUT2D eigenvalue weighted by atomic mass is 19.4. The molecule has 1 fully saturated rings. The van der Waals surface area contributed by atoms with Crippen LogP contribution >= 0.6 is 0 Å². The fourth-order valence-electron chi connectivity index (χ4n) is 2.95. The van der Waals surface area contributed by atoms with Gasteiger partial charge in [-0.15, -0.1) is 0 Å². The van der Waals surface area contributed by atoms with E-state index in [1.165, 1.54) is 17.2 Å². The maximum atomic E-state index is 13.4. The third-order valence-electron chi connectivity index (χ3n) is 4.37. The number of amides is 1. The number of hydrogen-bond donors (Lipinski definition) is 2. The minimum Gasteiger partial charge on any atom is -0.457 e. The first-order chi connectivity index (χ1) is 13.4. The van der Waals surface area contributed by atoms with Gasteiger partial charge in [0, 0.05) is 45.0 Å². The van der Waals surface area contributed by atoms with E-state index < -0.39 is 24.7 Å². The molecule has 1 aliphatic heterocycles. The molecule has 0 radical (unpaired) electrons. The topological polar surface area (TPSA) is 66.5 Å². The Kier molecular flexibility index (Phi) is 6.48. The van der Waals surface area contributed by atoms with Gasteiger partial charge in [0.05, 0.1) is 0 Å². The van der Waals surface area contributed by atoms with Gasteiger partial charge in [-0.1, -0.05) is 18.2 Å². The Morgan fingerprint density at radius 2 is 1.89 bits per heavy atom. The molecule has 0 spiro atoms. The summed E-state index contributed by atoms with van der Waals surface area (Å²) in [5.74, 6) is 0.277. The number of pyridine rings is 1. The first kappa shape index (κ1) is 20.1. The van der Waals surface area contributed by atoms with Gasteiger partial charge >= 0.3 is 6.18 Å². The molecule has 3 rings (SSSR count). The van der Waals surface area contributed by atoms with Crippen LogP contribution in [0.3, 0.4) is 0 Å². The molecule has 0 aliphatic carbocycles. The Balaban J connectivity index is 1.64. The van der Waals surface area contributed by atoms with Crippen LogP contribution < -0.4 is 15.4 Å². The smallest absolute Gasteiger partial charge is 0.405 e. The number of hydrogen-bond acceptors (Lipinski definition) is 5. The van der Waals surface area contributed by atoms with Crippen molar-refractivity contribution in [2.75, 3.05) is 32.7 Å². The number of para-hydroxylation sites is 1. The van der Waals surface area contributed by atoms with Gasteiger partial charge in [-0.3, -0.25) is 14.7 Å². The van der Waals surface area contributed by atoms with E-state index in [-0.39, 0.29) is 18.8 Å². The standard InChI is InChI=1S/C19H21F3N4O2/c20-19(21,22)17(26-10-8-23-9-11-26)13-25-18(27)16-12-15(6-7-24-16)28-14-4-2-1-3-5-14/h1-7,12,17,23H,8-11,13H2,(H,25,27). The summed E-state index contributed by atoms with van der Waals surface area (Å²) in [5, 5.41) is 5.37. The van der Waals surface area contributed by atoms with Gasteiger partial charge in [-0.05, 0) is 18.2 Å². The molecule has 1 aromatic carbocycles. The third kappa shape index (κ3) is 5.43. The molecule has 1 aromatic heterocycles. The first-order valence-corrected chi connectivity index (χ1v) is 8.92. The molecule has 1 aliphatic rings. The number of piperazine rings is 1. The summed E-state index contributed by atoms with van der Waals surface area (Å²) in [7, 11) is 0. The van der Waals surface area contributed by atoms with Crippen LogP contribution in [-0.2, 0) is 0 Å². The molecule has 2 N–H and O–H groups in total. The second-order valence-corrected chi connectivity index (χ2v) is 6.35. The minimum absolute atomic E-state index is 0.00494. The average molecular weight is 394 g/mol. The number of benzene rings is 1. The van der Waals surface area contributed by atoms with E-state index in [2.05, 4.69) is 15.6 Å². The Hall–Kier alpha value is -2.65. The van der Waals surface area contributed by atoms with Crippen molar-refractivity contribution in [2.45, 2.75) is 12.2 Å². The monoisotopic (exact) mass is 394 g/mol. The average Bonchev–Trinajstić information content (AvgIpc) is 2.69. The van der Waals surface area contributed by atoms with E-state index in [0.29, 0.717) is 24.6 Å². The molecule has 2 heterocycles. The Morgan fingerprint density at radius 3 is 2.57 bits per heavy atom. The van der Waals surface area contributed by atoms with Gasteiger partial charge in [0.1, 0.15) is 23.2 Å². The number of ether oxygens (including phenoxy) is 1. The van der Waals surface area contributed by atoms with Gasteiger partial charge in [-0.2, -0.15) is 13.2 Å². The molecule has 0 saturated carbocycles. The third-order valence-corrected chi connectivity index (χ3v) is 4.37. The van der Waals surface area contributed by atoms with Crippen molar-refractivity contribution in [2.24, 2.45) is 0 Å². The van der Waals surface area contributed by atoms with Crippen LogP contribution in [0.4, 0.5) is 13.2 Å². The van der Waals surface area contributed by atoms with Crippen LogP contribution in [0.25, 0.3) is 0 Å². The largest absolute Gasteiger partial charge is 0.457 e. The van der Waals surface area contributed by atoms with Crippen molar-refractivity contribution in [3.8, 4) is 11.5 Å². The fourth-order valence-corrected chi connectivity index (χ4v) is 2.95. The molecule has 28 heavy (non-hydrogen) atoms. The number of alkyl halides is 3. The molecule has 1 atom stereocenters. The molecular weight excluding hydrogens is 373 g/mol. The Morgan fingerprint density at radius 1 is 1.18 bits per heavy atom. The molecule has 2 aromatic rings. The van der Waals surface area contributed by atoms with Gasteiger partial charge in [-0.25, -0.2) is 0 Å². The van der Waals surface area contributed by atoms with E-state index in [4.69, 9.17) is 4.74 Å². The summed E-state index contributed by atoms with van der Waals surface area (Å²) in [6, 6.07) is 10.2. The quantitative estimate of drug-likeness (QED) is 0.788. The molecule has 0 bridgehead atoms. The second-order valence-electron chi connectivity index (χ2n) is 6.35. The summed E-state index contributed by atoms with van der Waals surface area (Å²) in [5.41, 5.74) is -0.00494. The van der Waals surface area contributed by atoms with Crippen LogP contribution in [0.1, 0.15) is 10.5 Å². The summed E-state index contributed by atoms with van der Waals surface area (Å²) in [6.07, 6.45) is -3.05. The molecule has 9 heteroatoms. The van der Waals surface area contributed by atoms with Crippen LogP contribution in [0.2, 0.25) is 0 Å². The lowest BCUT2D eigenvalue weighted by Gasteiger charge is -2.35. The number of halogens is 3. The van der Waals surface area contributed by atoms with E-state index >= 15 is 0 Å². The Bertz CT molecular complexity index is 780. The maximum absolute atomic E-state index is 13.4. The van der Waals surface area contributed by atoms with Gasteiger partial charge in [0.15, 0.2) is 0 Å². The van der Waals surface area contributed by atoms with E-state index in [9.17, 15) is 18.0 Å². The van der Waals surface area contributed by atoms with Crippen molar-refractivity contribution in [1.29, 1.82) is 0 Å². The van der Waals surface area contributed by atoms with Gasteiger partial charge in [0.2, 0.25) is 0 Å². The number of nitrogens with zero attached hydrogens (tertiary/aromatic N) is 2. The van der Waals surface area contributed by atoms with Crippen LogP contribution in [0.5, 0.6) is 11.5 Å². The zero-order valence-electron chi connectivity index (χ0n) is 15.1. The lowest BCUT2D eigenvalue weighted by molar-refractivity contribution is -0.183. The zero-order chi connectivity index (χ0) is 20.0. The molecule has 1 unspecified atom stereocenters. The molecular formula is C19H21F3N4O2. The van der Waals surface area contributed by atoms with Crippen molar-refractivity contribution in [3.63, 3.8) is 0 Å². The van der Waals surface area contributed by atoms with Crippen molar-refractivity contribution < 1.29 is 22.7 Å². The molecule has 6 nitrogen and oxygen atoms in total. The summed E-state index contributed by atoms with van der Waals surface area (Å²) >= 11 is 0. The lowest BCUT2D eigenvalue weighted by atomic mass is 10.2. The SMILES string of the molecule is O=C(NCC(N1CCNCC1)C(F)(F)F)c1cc(Oc2ccccc2)ccn1. The molecule has 1 amide bonds. The minimum atomic E-state index is -4.43. The summed E-state index contributed by atoms with van der Waals surface area (Å²) in [4.78, 5) is 17.6. The predicted molar refractivity (Wildman–Crippen MR) is 97.4 cm³/mol. The highest BCUT2D eigenvalue weighted by molar-refractivity contribution is 5.92. The number of aromatic nitrogens is 1. The summed E-state index contributed by atoms with van der Waals surface area (Å²) < 4.78 is 45.9. The number of nitrogens with one attached hydrogen (secondary N) is 2. The van der Waals surface area contributed by atoms with Gasteiger partial charge < -0.3 is 15.4 Å². The van der Waals surface area contributed by atoms with Crippen LogP contribution in [-0.4, -0.2) is 60.7 Å². The number of carbonyl (C=O) groups excluding carboxylic acids is 1. The highest BCUT2D eigenvalue weighted by Gasteiger charge is 2.43. The van der Waals surface area contributed by atoms with Crippen LogP contribution in [0, 0.1) is 0 Å². The van der Waals surface area contributed by atoms with Crippen molar-refractivity contribution in [1.82, 2.24) is 20.5 Å². The van der Waals surface area contributed by atoms with Crippen molar-refractivity contribution in [3.05, 3.63) is 54.4 Å². The lowest BCUT2D eigenvalue weighted by Crippen LogP contribution is -2.57. The van der Waals surface area contributed by atoms with Crippen LogP contribution in [0.15, 0.2) is 48.7 Å². The van der Waals surface area contributed by atoms with E-state index in [1.54, 1.807) is 30.3 Å². The van der Waals surface area contributed by atoms with E-state index in [0.717, 1.165) is 0 Å². The second kappa shape index (κ2) is 9.03. The van der Waals surface area contributed by atoms with Gasteiger partial charge in [0.25, 0.3) is 5.91 Å². The normalized spacial score (nSPS) is 16.4. The fraction of sp³-hybridized carbons (Fsp3) is 0.368. The molecule has 150 valence electrons. The number of rotatable bonds is 6. The Labute approximate surface area is 160 Å². The number of carbonyl (C=O) groups is 1.